The molecule has 0 aliphatic heterocycles. The van der Waals surface area contributed by atoms with Crippen molar-refractivity contribution in [2.75, 3.05) is 0 Å². The summed E-state index contributed by atoms with van der Waals surface area (Å²) in [6, 6.07) is 10.9. The Bertz CT molecular complexity index is 887. The summed E-state index contributed by atoms with van der Waals surface area (Å²) in [5, 5.41) is 29.6. The first kappa shape index (κ1) is 17.3. The zero-order chi connectivity index (χ0) is 18.4. The number of phenols is 2. The second kappa shape index (κ2) is 5.76. The van der Waals surface area contributed by atoms with Crippen molar-refractivity contribution < 1.29 is 10.2 Å². The minimum atomic E-state index is -0.238. The molecule has 0 saturated heterocycles. The predicted octanol–water partition coefficient (Wildman–Crippen LogP) is 4.55. The minimum absolute atomic E-state index is 0.108. The Morgan fingerprint density at radius 1 is 0.880 bits per heavy atom. The monoisotopic (exact) mass is 339 g/mol. The molecule has 3 rings (SSSR count). The molecule has 0 fully saturated rings. The van der Waals surface area contributed by atoms with Crippen molar-refractivity contribution in [1.29, 1.82) is 0 Å². The third kappa shape index (κ3) is 3.31. The van der Waals surface area contributed by atoms with Gasteiger partial charge in [0.1, 0.15) is 16.7 Å². The number of hydrogen-bond donors (Lipinski definition) is 2. The van der Waals surface area contributed by atoms with Gasteiger partial charge in [0.25, 0.3) is 0 Å². The van der Waals surface area contributed by atoms with Crippen LogP contribution in [-0.2, 0) is 5.41 Å². The Balaban J connectivity index is 2.23. The number of aromatic hydroxyl groups is 2. The van der Waals surface area contributed by atoms with E-state index < -0.39 is 0 Å². The van der Waals surface area contributed by atoms with Gasteiger partial charge in [0.15, 0.2) is 11.5 Å². The van der Waals surface area contributed by atoms with Crippen LogP contribution in [0.2, 0.25) is 0 Å². The summed E-state index contributed by atoms with van der Waals surface area (Å²) in [5.74, 6) is -0.369. The second-order valence-electron chi connectivity index (χ2n) is 8.43. The van der Waals surface area contributed by atoms with Gasteiger partial charge in [-0.05, 0) is 41.0 Å². The molecule has 0 amide bonds. The molecule has 25 heavy (non-hydrogen) atoms. The maximum Gasteiger partial charge on any atom is 0.185 e. The fraction of sp³-hybridized carbons (Fsp3) is 0.400. The number of phenolic OH excluding ortho intramolecular Hbond substituents is 2. The van der Waals surface area contributed by atoms with Crippen LogP contribution in [0, 0.1) is 5.41 Å². The van der Waals surface area contributed by atoms with Crippen LogP contribution in [0.5, 0.6) is 11.5 Å². The first-order valence-electron chi connectivity index (χ1n) is 8.46. The highest BCUT2D eigenvalue weighted by molar-refractivity contribution is 5.74. The number of hydrogen-bond acceptors (Lipinski definition) is 4. The van der Waals surface area contributed by atoms with Gasteiger partial charge in [-0.1, -0.05) is 52.8 Å². The number of nitrogens with zero attached hydrogens (tertiary/aromatic N) is 3. The molecule has 2 N–H and O–H groups in total. The van der Waals surface area contributed by atoms with Gasteiger partial charge in [-0.25, -0.2) is 0 Å². The van der Waals surface area contributed by atoms with Gasteiger partial charge in [-0.15, -0.1) is 15.0 Å². The van der Waals surface area contributed by atoms with Crippen LogP contribution in [0.25, 0.3) is 16.7 Å². The van der Waals surface area contributed by atoms with Crippen molar-refractivity contribution in [2.24, 2.45) is 5.41 Å². The van der Waals surface area contributed by atoms with E-state index in [1.54, 1.807) is 0 Å². The van der Waals surface area contributed by atoms with Gasteiger partial charge in [0.2, 0.25) is 0 Å². The second-order valence-corrected chi connectivity index (χ2v) is 8.43. The van der Waals surface area contributed by atoms with E-state index in [1.165, 1.54) is 10.9 Å². The summed E-state index contributed by atoms with van der Waals surface area (Å²) >= 11 is 0. The first-order valence-corrected chi connectivity index (χ1v) is 8.46. The summed E-state index contributed by atoms with van der Waals surface area (Å²) < 4.78 is 0. The maximum atomic E-state index is 10.6. The third-order valence-corrected chi connectivity index (χ3v) is 4.32. The number of fused-ring (bicyclic) bond motifs is 1. The maximum absolute atomic E-state index is 10.6. The number of rotatable bonds is 3. The zero-order valence-electron chi connectivity index (χ0n) is 15.4. The molecule has 0 atom stereocenters. The first-order chi connectivity index (χ1) is 11.6. The summed E-state index contributed by atoms with van der Waals surface area (Å²) in [5.41, 5.74) is 2.69. The van der Waals surface area contributed by atoms with Gasteiger partial charge in [0.05, 0.1) is 0 Å². The molecule has 5 heteroatoms. The van der Waals surface area contributed by atoms with E-state index in [1.807, 2.05) is 30.3 Å². The Kier molecular flexibility index (Phi) is 3.98. The molecule has 2 aromatic carbocycles. The summed E-state index contributed by atoms with van der Waals surface area (Å²) in [6.45, 7) is 10.8. The smallest absolute Gasteiger partial charge is 0.185 e. The molecule has 0 spiro atoms. The quantitative estimate of drug-likeness (QED) is 0.687. The Labute approximate surface area is 147 Å². The van der Waals surface area contributed by atoms with E-state index in [9.17, 15) is 10.2 Å². The lowest BCUT2D eigenvalue weighted by Gasteiger charge is -2.34. The molecule has 0 saturated carbocycles. The van der Waals surface area contributed by atoms with Crippen molar-refractivity contribution in [3.8, 4) is 17.2 Å². The predicted molar refractivity (Wildman–Crippen MR) is 99.3 cm³/mol. The van der Waals surface area contributed by atoms with Gasteiger partial charge < -0.3 is 10.2 Å². The van der Waals surface area contributed by atoms with E-state index in [-0.39, 0.29) is 22.3 Å². The van der Waals surface area contributed by atoms with Crippen LogP contribution in [0.3, 0.4) is 0 Å². The fourth-order valence-electron chi connectivity index (χ4n) is 3.70. The molecule has 3 aromatic rings. The molecule has 0 unspecified atom stereocenters. The van der Waals surface area contributed by atoms with Crippen LogP contribution in [0.4, 0.5) is 0 Å². The number of aromatic nitrogens is 3. The lowest BCUT2D eigenvalue weighted by atomic mass is 9.71. The van der Waals surface area contributed by atoms with Gasteiger partial charge in [-0.2, -0.15) is 0 Å². The Hall–Kier alpha value is -2.56. The topological polar surface area (TPSA) is 71.2 Å². The van der Waals surface area contributed by atoms with Crippen LogP contribution < -0.4 is 0 Å². The van der Waals surface area contributed by atoms with E-state index in [0.717, 1.165) is 23.0 Å². The van der Waals surface area contributed by atoms with Crippen LogP contribution in [0.15, 0.2) is 36.4 Å². The zero-order valence-corrected chi connectivity index (χ0v) is 15.4. The van der Waals surface area contributed by atoms with Crippen molar-refractivity contribution in [1.82, 2.24) is 15.0 Å². The Morgan fingerprint density at radius 2 is 1.44 bits per heavy atom. The van der Waals surface area contributed by atoms with Crippen molar-refractivity contribution >= 4 is 11.0 Å². The lowest BCUT2D eigenvalue weighted by Crippen LogP contribution is -2.26. The highest BCUT2D eigenvalue weighted by Gasteiger charge is 2.32. The molecule has 1 aromatic heterocycles. The largest absolute Gasteiger partial charge is 0.504 e. The molecule has 132 valence electrons. The number of benzene rings is 2. The summed E-state index contributed by atoms with van der Waals surface area (Å²) in [4.78, 5) is 1.43. The highest BCUT2D eigenvalue weighted by atomic mass is 16.3. The SMILES string of the molecule is CC(C)(C)CC(C)(C)c1ccc(O)c(O)c1-n1nc2ccccc2n1. The molecule has 5 nitrogen and oxygen atoms in total. The molecule has 1 heterocycles. The molecule has 0 aliphatic rings. The van der Waals surface area contributed by atoms with E-state index >= 15 is 0 Å². The van der Waals surface area contributed by atoms with Gasteiger partial charge in [-0.3, -0.25) is 0 Å². The average Bonchev–Trinajstić information content (AvgIpc) is 2.90. The van der Waals surface area contributed by atoms with Crippen molar-refractivity contribution in [2.45, 2.75) is 46.5 Å². The van der Waals surface area contributed by atoms with Crippen LogP contribution >= 0.6 is 0 Å². The van der Waals surface area contributed by atoms with Gasteiger partial charge >= 0.3 is 0 Å². The molecule has 0 bridgehead atoms. The van der Waals surface area contributed by atoms with Crippen LogP contribution in [-0.4, -0.2) is 25.2 Å². The molecular weight excluding hydrogens is 314 g/mol. The highest BCUT2D eigenvalue weighted by Crippen LogP contribution is 2.43. The summed E-state index contributed by atoms with van der Waals surface area (Å²) in [7, 11) is 0. The molecule has 0 aliphatic carbocycles. The van der Waals surface area contributed by atoms with E-state index in [0.29, 0.717) is 5.69 Å². The van der Waals surface area contributed by atoms with Gasteiger partial charge in [0, 0.05) is 0 Å². The normalized spacial score (nSPS) is 12.7. The Morgan fingerprint density at radius 3 is 1.96 bits per heavy atom. The molecular formula is C20H25N3O2. The fourth-order valence-corrected chi connectivity index (χ4v) is 3.70. The molecule has 0 radical (unpaired) electrons. The van der Waals surface area contributed by atoms with Crippen molar-refractivity contribution in [3.63, 3.8) is 0 Å². The van der Waals surface area contributed by atoms with Crippen molar-refractivity contribution in [3.05, 3.63) is 42.0 Å². The van der Waals surface area contributed by atoms with Crippen LogP contribution in [0.1, 0.15) is 46.6 Å². The standard InChI is InChI=1S/C20H25N3O2/c1-19(2,3)12-20(4,5)13-10-11-16(24)18(25)17(13)23-21-14-8-6-7-9-15(14)22-23/h6-11,24-25H,12H2,1-5H3. The third-order valence-electron chi connectivity index (χ3n) is 4.32. The lowest BCUT2D eigenvalue weighted by molar-refractivity contribution is 0.282. The van der Waals surface area contributed by atoms with E-state index in [2.05, 4.69) is 44.8 Å². The van der Waals surface area contributed by atoms with E-state index in [4.69, 9.17) is 0 Å². The summed E-state index contributed by atoms with van der Waals surface area (Å²) in [6.07, 6.45) is 0.901. The minimum Gasteiger partial charge on any atom is -0.504 e. The average molecular weight is 339 g/mol.